The van der Waals surface area contributed by atoms with Gasteiger partial charge < -0.3 is 0 Å². The molecule has 0 heterocycles. The van der Waals surface area contributed by atoms with Crippen LogP contribution in [0.3, 0.4) is 0 Å². The standard InChI is InChI=1S/C6H2N4/c7-1-5(2-8)6(3-9)4-10/h5-6H. The van der Waals surface area contributed by atoms with Gasteiger partial charge in [-0.15, -0.1) is 0 Å². The number of nitrogens with zero attached hydrogens (tertiary/aromatic N) is 4. The first-order chi connectivity index (χ1) is 4.79. The van der Waals surface area contributed by atoms with E-state index in [4.69, 9.17) is 21.0 Å². The monoisotopic (exact) mass is 130 g/mol. The Morgan fingerprint density at radius 3 is 0.900 bits per heavy atom. The smallest absolute Gasteiger partial charge is 0.162 e. The van der Waals surface area contributed by atoms with Crippen molar-refractivity contribution in [2.45, 2.75) is 0 Å². The average molecular weight is 130 g/mol. The molecule has 0 bridgehead atoms. The van der Waals surface area contributed by atoms with Crippen LogP contribution >= 0.6 is 0 Å². The SMILES string of the molecule is N#CC(C#N)C(C#N)C#N. The van der Waals surface area contributed by atoms with Crippen LogP contribution in [0.4, 0.5) is 0 Å². The first-order valence-electron chi connectivity index (χ1n) is 2.38. The fraction of sp³-hybridized carbons (Fsp3) is 0.333. The van der Waals surface area contributed by atoms with Crippen LogP contribution in [-0.4, -0.2) is 0 Å². The van der Waals surface area contributed by atoms with E-state index in [2.05, 4.69) is 0 Å². The van der Waals surface area contributed by atoms with Crippen molar-refractivity contribution in [1.29, 1.82) is 21.0 Å². The lowest BCUT2D eigenvalue weighted by molar-refractivity contribution is 0.727. The molecule has 0 saturated heterocycles. The molecule has 46 valence electrons. The van der Waals surface area contributed by atoms with Gasteiger partial charge >= 0.3 is 0 Å². The van der Waals surface area contributed by atoms with Gasteiger partial charge in [-0.05, 0) is 0 Å². The van der Waals surface area contributed by atoms with Crippen LogP contribution in [-0.2, 0) is 0 Å². The Kier molecular flexibility index (Phi) is 3.11. The molecule has 0 aliphatic heterocycles. The zero-order chi connectivity index (χ0) is 7.98. The molecule has 0 amide bonds. The fourth-order valence-corrected chi connectivity index (χ4v) is 0.356. The van der Waals surface area contributed by atoms with Gasteiger partial charge in [0.25, 0.3) is 0 Å². The van der Waals surface area contributed by atoms with Crippen LogP contribution in [0.25, 0.3) is 0 Å². The van der Waals surface area contributed by atoms with Crippen LogP contribution in [0.2, 0.25) is 0 Å². The molecule has 0 N–H and O–H groups in total. The number of hydrogen-bond donors (Lipinski definition) is 0. The van der Waals surface area contributed by atoms with Gasteiger partial charge in [0.1, 0.15) is 0 Å². The molecular weight excluding hydrogens is 128 g/mol. The summed E-state index contributed by atoms with van der Waals surface area (Å²) in [6, 6.07) is 6.19. The van der Waals surface area contributed by atoms with E-state index >= 15 is 0 Å². The summed E-state index contributed by atoms with van der Waals surface area (Å²) in [6.07, 6.45) is 0. The van der Waals surface area contributed by atoms with E-state index in [-0.39, 0.29) is 0 Å². The zero-order valence-electron chi connectivity index (χ0n) is 4.94. The molecule has 0 radical (unpaired) electrons. The molecule has 0 atom stereocenters. The van der Waals surface area contributed by atoms with Gasteiger partial charge in [-0.1, -0.05) is 0 Å². The average Bonchev–Trinajstić information content (AvgIpc) is 2.00. The summed E-state index contributed by atoms with van der Waals surface area (Å²) >= 11 is 0. The van der Waals surface area contributed by atoms with E-state index in [0.29, 0.717) is 0 Å². The minimum atomic E-state index is -1.13. The number of nitriles is 4. The molecule has 0 unspecified atom stereocenters. The Labute approximate surface area is 58.1 Å². The zero-order valence-corrected chi connectivity index (χ0v) is 4.94. The highest BCUT2D eigenvalue weighted by atomic mass is 14.4. The Morgan fingerprint density at radius 1 is 0.600 bits per heavy atom. The molecule has 0 fully saturated rings. The van der Waals surface area contributed by atoms with Crippen LogP contribution in [0.5, 0.6) is 0 Å². The minimum absolute atomic E-state index is 1.13. The van der Waals surface area contributed by atoms with Gasteiger partial charge in [0.2, 0.25) is 0 Å². The van der Waals surface area contributed by atoms with Gasteiger partial charge in [0, 0.05) is 0 Å². The number of hydrogen-bond acceptors (Lipinski definition) is 4. The topological polar surface area (TPSA) is 95.2 Å². The largest absolute Gasteiger partial charge is 0.197 e. The molecule has 0 aliphatic carbocycles. The Bertz CT molecular complexity index is 208. The van der Waals surface area contributed by atoms with Crippen molar-refractivity contribution in [2.24, 2.45) is 11.8 Å². The maximum atomic E-state index is 8.18. The summed E-state index contributed by atoms with van der Waals surface area (Å²) in [6.45, 7) is 0. The first kappa shape index (κ1) is 7.96. The van der Waals surface area contributed by atoms with Crippen molar-refractivity contribution in [3.8, 4) is 24.3 Å². The van der Waals surface area contributed by atoms with Gasteiger partial charge in [0.05, 0.1) is 24.3 Å². The van der Waals surface area contributed by atoms with Crippen molar-refractivity contribution in [3.63, 3.8) is 0 Å². The highest BCUT2D eigenvalue weighted by molar-refractivity contribution is 5.15. The third-order valence-electron chi connectivity index (χ3n) is 0.890. The van der Waals surface area contributed by atoms with E-state index in [1.807, 2.05) is 0 Å². The predicted octanol–water partition coefficient (Wildman–Crippen LogP) is 0.313. The van der Waals surface area contributed by atoms with Crippen molar-refractivity contribution >= 4 is 0 Å². The Morgan fingerprint density at radius 2 is 0.800 bits per heavy atom. The van der Waals surface area contributed by atoms with E-state index in [1.165, 1.54) is 0 Å². The highest BCUT2D eigenvalue weighted by Gasteiger charge is 2.19. The Hall–Kier alpha value is -2.04. The molecule has 0 rings (SSSR count). The molecule has 4 nitrogen and oxygen atoms in total. The van der Waals surface area contributed by atoms with Crippen LogP contribution in [0, 0.1) is 57.2 Å². The molecule has 4 heteroatoms. The second-order valence-corrected chi connectivity index (χ2v) is 1.47. The minimum Gasteiger partial charge on any atom is -0.197 e. The van der Waals surface area contributed by atoms with Gasteiger partial charge in [-0.2, -0.15) is 21.0 Å². The molecule has 0 aliphatic rings. The number of rotatable bonds is 1. The molecular formula is C6H2N4. The molecule has 0 spiro atoms. The summed E-state index contributed by atoms with van der Waals surface area (Å²) in [5.74, 6) is -2.26. The summed E-state index contributed by atoms with van der Waals surface area (Å²) < 4.78 is 0. The summed E-state index contributed by atoms with van der Waals surface area (Å²) in [5.41, 5.74) is 0. The highest BCUT2D eigenvalue weighted by Crippen LogP contribution is 2.06. The first-order valence-corrected chi connectivity index (χ1v) is 2.38. The van der Waals surface area contributed by atoms with Crippen molar-refractivity contribution in [2.75, 3.05) is 0 Å². The lowest BCUT2D eigenvalue weighted by Gasteiger charge is -1.93. The molecule has 0 aromatic carbocycles. The third-order valence-corrected chi connectivity index (χ3v) is 0.890. The molecule has 0 aromatic heterocycles. The normalized spacial score (nSPS) is 7.40. The lowest BCUT2D eigenvalue weighted by Crippen LogP contribution is -2.05. The van der Waals surface area contributed by atoms with Crippen molar-refractivity contribution in [1.82, 2.24) is 0 Å². The molecule has 0 aromatic rings. The lowest BCUT2D eigenvalue weighted by atomic mass is 9.98. The van der Waals surface area contributed by atoms with Crippen LogP contribution in [0.1, 0.15) is 0 Å². The van der Waals surface area contributed by atoms with E-state index in [0.717, 1.165) is 0 Å². The molecule has 0 saturated carbocycles. The Balaban J connectivity index is 4.40. The van der Waals surface area contributed by atoms with Crippen LogP contribution < -0.4 is 0 Å². The van der Waals surface area contributed by atoms with Crippen molar-refractivity contribution in [3.05, 3.63) is 0 Å². The second kappa shape index (κ2) is 3.90. The quantitative estimate of drug-likeness (QED) is 0.510. The van der Waals surface area contributed by atoms with E-state index in [9.17, 15) is 0 Å². The van der Waals surface area contributed by atoms with Gasteiger partial charge in [-0.25, -0.2) is 0 Å². The maximum Gasteiger partial charge on any atom is 0.162 e. The van der Waals surface area contributed by atoms with E-state index < -0.39 is 11.8 Å². The molecule has 10 heavy (non-hydrogen) atoms. The summed E-state index contributed by atoms with van der Waals surface area (Å²) in [7, 11) is 0. The van der Waals surface area contributed by atoms with Gasteiger partial charge in [0.15, 0.2) is 11.8 Å². The summed E-state index contributed by atoms with van der Waals surface area (Å²) in [5, 5.41) is 32.7. The van der Waals surface area contributed by atoms with E-state index in [1.54, 1.807) is 24.3 Å². The third kappa shape index (κ3) is 1.48. The fourth-order valence-electron chi connectivity index (χ4n) is 0.356. The predicted molar refractivity (Wildman–Crippen MR) is 29.4 cm³/mol. The maximum absolute atomic E-state index is 8.18. The van der Waals surface area contributed by atoms with Gasteiger partial charge in [-0.3, -0.25) is 0 Å². The van der Waals surface area contributed by atoms with Crippen molar-refractivity contribution < 1.29 is 0 Å². The van der Waals surface area contributed by atoms with Crippen LogP contribution in [0.15, 0.2) is 0 Å². The second-order valence-electron chi connectivity index (χ2n) is 1.47. The summed E-state index contributed by atoms with van der Waals surface area (Å²) in [4.78, 5) is 0.